The lowest BCUT2D eigenvalue weighted by molar-refractivity contribution is 0.306. The van der Waals surface area contributed by atoms with Gasteiger partial charge in [0.1, 0.15) is 0 Å². The summed E-state index contributed by atoms with van der Waals surface area (Å²) in [6.07, 6.45) is 2.02. The predicted octanol–water partition coefficient (Wildman–Crippen LogP) is 3.01. The molecule has 1 aromatic carbocycles. The van der Waals surface area contributed by atoms with Crippen molar-refractivity contribution in [2.45, 2.75) is 18.4 Å². The van der Waals surface area contributed by atoms with Crippen LogP contribution in [0.25, 0.3) is 11.3 Å². The van der Waals surface area contributed by atoms with Crippen molar-refractivity contribution in [3.63, 3.8) is 0 Å². The summed E-state index contributed by atoms with van der Waals surface area (Å²) in [6.45, 7) is 2.24. The Kier molecular flexibility index (Phi) is 5.29. The number of aryl methyl sites for hydroxylation is 1. The number of thioether (sulfide) groups is 1. The molecule has 0 saturated carbocycles. The molecule has 0 radical (unpaired) electrons. The van der Waals surface area contributed by atoms with E-state index in [9.17, 15) is 8.42 Å². The first-order valence-corrected chi connectivity index (χ1v) is 9.21. The highest BCUT2D eigenvalue weighted by molar-refractivity contribution is 7.98. The standard InChI is InChI=1S/C15H16N2O3S2/c1-12-3-8-15(13-4-6-14(21-2)7-5-13)17(12)9-10-20-22(18,19)11-16/h3-8H,9-10H2,1-2H3. The molecular formula is C15H16N2O3S2. The van der Waals surface area contributed by atoms with Gasteiger partial charge in [0.05, 0.1) is 6.61 Å². The first kappa shape index (κ1) is 16.6. The summed E-state index contributed by atoms with van der Waals surface area (Å²) in [4.78, 5) is 1.18. The maximum absolute atomic E-state index is 11.0. The number of hydrogen-bond acceptors (Lipinski definition) is 5. The van der Waals surface area contributed by atoms with Crippen molar-refractivity contribution in [1.29, 1.82) is 5.26 Å². The number of thiocyanates is 1. The molecule has 0 N–H and O–H groups in total. The van der Waals surface area contributed by atoms with Crippen LogP contribution in [0.4, 0.5) is 0 Å². The summed E-state index contributed by atoms with van der Waals surface area (Å²) in [5.41, 5.74) is 3.04. The molecule has 2 aromatic rings. The van der Waals surface area contributed by atoms with Gasteiger partial charge >= 0.3 is 10.1 Å². The number of aromatic nitrogens is 1. The van der Waals surface area contributed by atoms with Gasteiger partial charge in [-0.05, 0) is 43.0 Å². The molecule has 2 rings (SSSR count). The molecule has 22 heavy (non-hydrogen) atoms. The highest BCUT2D eigenvalue weighted by atomic mass is 32.2. The second-order valence-electron chi connectivity index (χ2n) is 4.61. The van der Waals surface area contributed by atoms with Crippen molar-refractivity contribution in [3.8, 4) is 16.7 Å². The van der Waals surface area contributed by atoms with E-state index in [0.29, 0.717) is 6.54 Å². The maximum atomic E-state index is 11.0. The highest BCUT2D eigenvalue weighted by Crippen LogP contribution is 2.25. The lowest BCUT2D eigenvalue weighted by Gasteiger charge is -2.11. The Labute approximate surface area is 134 Å². The molecule has 0 unspecified atom stereocenters. The zero-order valence-corrected chi connectivity index (χ0v) is 13.9. The third-order valence-corrected chi connectivity index (χ3v) is 4.69. The molecule has 0 saturated heterocycles. The summed E-state index contributed by atoms with van der Waals surface area (Å²) >= 11 is 1.68. The predicted molar refractivity (Wildman–Crippen MR) is 86.9 cm³/mol. The van der Waals surface area contributed by atoms with E-state index in [4.69, 9.17) is 5.26 Å². The fourth-order valence-electron chi connectivity index (χ4n) is 2.14. The van der Waals surface area contributed by atoms with Gasteiger partial charge < -0.3 is 4.57 Å². The van der Waals surface area contributed by atoms with Crippen LogP contribution in [-0.2, 0) is 20.8 Å². The number of benzene rings is 1. The third-order valence-electron chi connectivity index (χ3n) is 3.25. The normalized spacial score (nSPS) is 11.3. The average Bonchev–Trinajstić information content (AvgIpc) is 2.88. The fourth-order valence-corrected chi connectivity index (χ4v) is 2.90. The van der Waals surface area contributed by atoms with E-state index in [2.05, 4.69) is 4.18 Å². The van der Waals surface area contributed by atoms with Gasteiger partial charge in [-0.25, -0.2) is 0 Å². The monoisotopic (exact) mass is 336 g/mol. The van der Waals surface area contributed by atoms with Gasteiger partial charge in [0.25, 0.3) is 0 Å². The SMILES string of the molecule is CSc1ccc(-c2ccc(C)n2CCOS(=O)(=O)C#N)cc1. The smallest absolute Gasteiger partial charge is 0.343 e. The minimum absolute atomic E-state index is 0.0681. The molecule has 0 aliphatic heterocycles. The third kappa shape index (κ3) is 3.91. The van der Waals surface area contributed by atoms with Gasteiger partial charge in [-0.2, -0.15) is 13.7 Å². The second-order valence-corrected chi connectivity index (χ2v) is 6.81. The van der Waals surface area contributed by atoms with Crippen LogP contribution in [0, 0.1) is 17.6 Å². The summed E-state index contributed by atoms with van der Waals surface area (Å²) < 4.78 is 28.7. The fraction of sp³-hybridized carbons (Fsp3) is 0.267. The molecule has 0 atom stereocenters. The van der Waals surface area contributed by atoms with Gasteiger partial charge in [-0.1, -0.05) is 12.1 Å². The topological polar surface area (TPSA) is 72.1 Å². The van der Waals surface area contributed by atoms with Crippen LogP contribution in [0.1, 0.15) is 5.69 Å². The Morgan fingerprint density at radius 1 is 1.23 bits per heavy atom. The number of hydrogen-bond donors (Lipinski definition) is 0. The van der Waals surface area contributed by atoms with Crippen LogP contribution in [0.15, 0.2) is 41.3 Å². The van der Waals surface area contributed by atoms with E-state index in [1.807, 2.05) is 54.1 Å². The molecule has 1 heterocycles. The first-order chi connectivity index (χ1) is 10.5. The number of rotatable bonds is 6. The van der Waals surface area contributed by atoms with Crippen LogP contribution < -0.4 is 0 Å². The summed E-state index contributed by atoms with van der Waals surface area (Å²) in [6, 6.07) is 12.1. The van der Waals surface area contributed by atoms with E-state index >= 15 is 0 Å². The summed E-state index contributed by atoms with van der Waals surface area (Å²) in [5, 5.41) is 9.55. The van der Waals surface area contributed by atoms with Gasteiger partial charge in [0.15, 0.2) is 0 Å². The van der Waals surface area contributed by atoms with Crippen molar-refractivity contribution in [2.75, 3.05) is 12.9 Å². The van der Waals surface area contributed by atoms with Crippen molar-refractivity contribution in [1.82, 2.24) is 4.57 Å². The molecule has 1 aromatic heterocycles. The van der Waals surface area contributed by atoms with Crippen molar-refractivity contribution >= 4 is 21.9 Å². The molecule has 5 nitrogen and oxygen atoms in total. The number of nitriles is 1. The van der Waals surface area contributed by atoms with Gasteiger partial charge in [0.2, 0.25) is 5.40 Å². The summed E-state index contributed by atoms with van der Waals surface area (Å²) in [5.74, 6) is 0. The molecule has 0 spiro atoms. The number of nitrogens with zero attached hydrogens (tertiary/aromatic N) is 2. The molecule has 0 aliphatic carbocycles. The van der Waals surface area contributed by atoms with E-state index in [1.165, 1.54) is 4.90 Å². The van der Waals surface area contributed by atoms with Gasteiger partial charge in [-0.3, -0.25) is 4.18 Å². The molecule has 7 heteroatoms. The second kappa shape index (κ2) is 7.01. The Balaban J connectivity index is 2.19. The van der Waals surface area contributed by atoms with E-state index in [1.54, 1.807) is 11.8 Å². The molecule has 0 bridgehead atoms. The van der Waals surface area contributed by atoms with Crippen LogP contribution in [0.3, 0.4) is 0 Å². The van der Waals surface area contributed by atoms with E-state index < -0.39 is 10.1 Å². The minimum atomic E-state index is -4.08. The van der Waals surface area contributed by atoms with Gasteiger partial charge in [0, 0.05) is 22.8 Å². The largest absolute Gasteiger partial charge is 0.362 e. The van der Waals surface area contributed by atoms with E-state index in [-0.39, 0.29) is 6.61 Å². The molecule has 0 amide bonds. The summed E-state index contributed by atoms with van der Waals surface area (Å²) in [7, 11) is -4.08. The van der Waals surface area contributed by atoms with Gasteiger partial charge in [-0.15, -0.1) is 11.8 Å². The Morgan fingerprint density at radius 3 is 2.50 bits per heavy atom. The van der Waals surface area contributed by atoms with Crippen LogP contribution in [0.2, 0.25) is 0 Å². The first-order valence-electron chi connectivity index (χ1n) is 6.57. The molecule has 0 fully saturated rings. The Morgan fingerprint density at radius 2 is 1.91 bits per heavy atom. The quantitative estimate of drug-likeness (QED) is 0.351. The Hall–Kier alpha value is -1.75. The Bertz CT molecular complexity index is 787. The van der Waals surface area contributed by atoms with E-state index in [0.717, 1.165) is 22.4 Å². The van der Waals surface area contributed by atoms with Crippen LogP contribution in [0.5, 0.6) is 0 Å². The van der Waals surface area contributed by atoms with Crippen LogP contribution in [-0.4, -0.2) is 25.8 Å². The average molecular weight is 336 g/mol. The molecular weight excluding hydrogens is 320 g/mol. The lowest BCUT2D eigenvalue weighted by Crippen LogP contribution is -2.11. The minimum Gasteiger partial charge on any atom is -0.343 e. The zero-order chi connectivity index (χ0) is 16.2. The molecule has 116 valence electrons. The van der Waals surface area contributed by atoms with Crippen molar-refractivity contribution < 1.29 is 12.6 Å². The van der Waals surface area contributed by atoms with Crippen LogP contribution >= 0.6 is 11.8 Å². The van der Waals surface area contributed by atoms with Crippen molar-refractivity contribution in [3.05, 3.63) is 42.1 Å². The maximum Gasteiger partial charge on any atom is 0.362 e. The molecule has 0 aliphatic rings. The van der Waals surface area contributed by atoms with Crippen molar-refractivity contribution in [2.24, 2.45) is 0 Å². The zero-order valence-electron chi connectivity index (χ0n) is 12.3. The lowest BCUT2D eigenvalue weighted by atomic mass is 10.1. The highest BCUT2D eigenvalue weighted by Gasteiger charge is 2.11.